The molecule has 1 unspecified atom stereocenters. The first-order valence-electron chi connectivity index (χ1n) is 13.5. The SMILES string of the molecule is CCOP(=O)(OCC)c1ccc2c(c1)CCCC2(O)c1ncc(-c2cc(C)cc(Nc3cc(C(F)(F)F)ccn3)n2)s1. The van der Waals surface area contributed by atoms with Gasteiger partial charge in [-0.1, -0.05) is 6.07 Å². The van der Waals surface area contributed by atoms with Crippen LogP contribution < -0.4 is 10.6 Å². The Morgan fingerprint density at radius 3 is 2.55 bits per heavy atom. The Balaban J connectivity index is 1.45. The predicted octanol–water partition coefficient (Wildman–Crippen LogP) is 7.13. The van der Waals surface area contributed by atoms with Crippen molar-refractivity contribution in [1.29, 1.82) is 0 Å². The zero-order valence-corrected chi connectivity index (χ0v) is 24.9. The van der Waals surface area contributed by atoms with Crippen molar-refractivity contribution in [2.45, 2.75) is 51.8 Å². The van der Waals surface area contributed by atoms with Crippen LogP contribution in [-0.2, 0) is 31.8 Å². The summed E-state index contributed by atoms with van der Waals surface area (Å²) in [5.41, 5.74) is 0.749. The quantitative estimate of drug-likeness (QED) is 0.191. The van der Waals surface area contributed by atoms with Gasteiger partial charge in [-0.2, -0.15) is 13.2 Å². The van der Waals surface area contributed by atoms with Crippen LogP contribution in [0.3, 0.4) is 0 Å². The molecule has 1 aliphatic rings. The molecule has 0 radical (unpaired) electrons. The summed E-state index contributed by atoms with van der Waals surface area (Å²) in [5.74, 6) is 0.346. The van der Waals surface area contributed by atoms with Gasteiger partial charge in [0.1, 0.15) is 22.2 Å². The fourth-order valence-electron chi connectivity index (χ4n) is 5.03. The van der Waals surface area contributed by atoms with Gasteiger partial charge in [0.15, 0.2) is 0 Å². The number of pyridine rings is 2. The van der Waals surface area contributed by atoms with Gasteiger partial charge in [-0.05, 0) is 93.1 Å². The molecule has 0 fully saturated rings. The summed E-state index contributed by atoms with van der Waals surface area (Å²) in [6.07, 6.45) is 0.0737. The number of alkyl halides is 3. The van der Waals surface area contributed by atoms with Gasteiger partial charge in [-0.3, -0.25) is 4.57 Å². The van der Waals surface area contributed by atoms with Crippen molar-refractivity contribution < 1.29 is 31.9 Å². The molecular formula is C29H30F3N4O4PS. The van der Waals surface area contributed by atoms with Crippen LogP contribution in [-0.4, -0.2) is 33.3 Å². The first-order valence-corrected chi connectivity index (χ1v) is 15.8. The zero-order chi connectivity index (χ0) is 30.1. The summed E-state index contributed by atoms with van der Waals surface area (Å²) in [6.45, 7) is 5.84. The molecule has 2 N–H and O–H groups in total. The van der Waals surface area contributed by atoms with E-state index in [2.05, 4.69) is 20.3 Å². The number of nitrogens with one attached hydrogen (secondary N) is 1. The summed E-state index contributed by atoms with van der Waals surface area (Å²) in [7, 11) is -3.48. The van der Waals surface area contributed by atoms with Crippen LogP contribution in [0.5, 0.6) is 0 Å². The van der Waals surface area contributed by atoms with E-state index in [1.165, 1.54) is 11.3 Å². The molecule has 0 saturated carbocycles. The Labute approximate surface area is 245 Å². The van der Waals surface area contributed by atoms with Crippen LogP contribution in [0.4, 0.5) is 24.8 Å². The van der Waals surface area contributed by atoms with E-state index in [4.69, 9.17) is 9.05 Å². The van der Waals surface area contributed by atoms with Gasteiger partial charge in [0, 0.05) is 12.4 Å². The van der Waals surface area contributed by atoms with Crippen molar-refractivity contribution in [2.24, 2.45) is 0 Å². The third-order valence-corrected chi connectivity index (χ3v) is 10.1. The van der Waals surface area contributed by atoms with Crippen LogP contribution >= 0.6 is 18.9 Å². The highest BCUT2D eigenvalue weighted by molar-refractivity contribution is 7.62. The van der Waals surface area contributed by atoms with E-state index in [1.54, 1.807) is 44.3 Å². The van der Waals surface area contributed by atoms with Crippen molar-refractivity contribution in [3.8, 4) is 10.6 Å². The second-order valence-electron chi connectivity index (χ2n) is 9.89. The lowest BCUT2D eigenvalue weighted by atomic mass is 9.79. The van der Waals surface area contributed by atoms with E-state index < -0.39 is 24.9 Å². The highest BCUT2D eigenvalue weighted by Gasteiger charge is 2.40. The molecule has 4 aromatic rings. The van der Waals surface area contributed by atoms with Crippen molar-refractivity contribution in [1.82, 2.24) is 15.0 Å². The minimum absolute atomic E-state index is 0.0181. The Morgan fingerprint density at radius 2 is 1.83 bits per heavy atom. The molecule has 1 aromatic carbocycles. The second-order valence-corrected chi connectivity index (χ2v) is 12.9. The van der Waals surface area contributed by atoms with Gasteiger partial charge in [0.25, 0.3) is 0 Å². The number of aliphatic hydroxyl groups is 1. The number of anilines is 2. The van der Waals surface area contributed by atoms with E-state index in [1.807, 2.05) is 13.0 Å². The second kappa shape index (κ2) is 11.9. The lowest BCUT2D eigenvalue weighted by molar-refractivity contribution is -0.137. The van der Waals surface area contributed by atoms with Crippen LogP contribution in [0.15, 0.2) is 54.9 Å². The average molecular weight is 619 g/mol. The molecule has 5 rings (SSSR count). The summed E-state index contributed by atoms with van der Waals surface area (Å²) >= 11 is 1.29. The van der Waals surface area contributed by atoms with E-state index in [9.17, 15) is 22.8 Å². The number of rotatable bonds is 9. The van der Waals surface area contributed by atoms with Gasteiger partial charge in [-0.25, -0.2) is 15.0 Å². The van der Waals surface area contributed by atoms with Gasteiger partial charge in [-0.15, -0.1) is 11.3 Å². The Hall–Kier alpha value is -3.15. The normalized spacial score (nSPS) is 17.2. The third-order valence-electron chi connectivity index (χ3n) is 6.86. The number of nitrogens with zero attached hydrogens (tertiary/aromatic N) is 3. The predicted molar refractivity (Wildman–Crippen MR) is 155 cm³/mol. The van der Waals surface area contributed by atoms with Crippen LogP contribution in [0.1, 0.15) is 54.0 Å². The molecule has 0 aliphatic heterocycles. The number of fused-ring (bicyclic) bond motifs is 1. The highest BCUT2D eigenvalue weighted by atomic mass is 32.1. The monoisotopic (exact) mass is 618 g/mol. The molecule has 1 atom stereocenters. The van der Waals surface area contributed by atoms with Crippen molar-refractivity contribution in [3.05, 3.63) is 82.1 Å². The summed E-state index contributed by atoms with van der Waals surface area (Å²) in [5, 5.41) is 15.7. The number of hydrogen-bond donors (Lipinski definition) is 2. The maximum Gasteiger partial charge on any atom is 0.416 e. The van der Waals surface area contributed by atoms with Gasteiger partial charge in [0.2, 0.25) is 0 Å². The Morgan fingerprint density at radius 1 is 1.07 bits per heavy atom. The molecule has 3 aromatic heterocycles. The number of halogens is 3. The van der Waals surface area contributed by atoms with Gasteiger partial charge in [0.05, 0.1) is 34.7 Å². The number of thiazole rings is 1. The minimum atomic E-state index is -4.49. The van der Waals surface area contributed by atoms with Crippen LogP contribution in [0.2, 0.25) is 0 Å². The lowest BCUT2D eigenvalue weighted by Gasteiger charge is -2.33. The molecule has 42 heavy (non-hydrogen) atoms. The van der Waals surface area contributed by atoms with Gasteiger partial charge < -0.3 is 19.5 Å². The summed E-state index contributed by atoms with van der Waals surface area (Å²) in [4.78, 5) is 13.8. The topological polar surface area (TPSA) is 106 Å². The number of aryl methyl sites for hydroxylation is 2. The molecule has 0 saturated heterocycles. The molecule has 1 aliphatic carbocycles. The maximum atomic E-state index is 13.3. The molecule has 0 bridgehead atoms. The standard InChI is InChI=1S/C29H30F3N4O4PS/c1-4-39-41(38,40-5-2)21-8-9-22-19(15-21)7-6-11-28(22,37)27-34-17-24(42-27)23-13-18(3)14-26(35-23)36-25-16-20(10-12-33-25)29(30,31)32/h8-10,12-17,37H,4-7,11H2,1-3H3,(H,33,35,36). The third kappa shape index (κ3) is 6.14. The number of hydrogen-bond acceptors (Lipinski definition) is 9. The van der Waals surface area contributed by atoms with E-state index >= 15 is 0 Å². The molecule has 0 spiro atoms. The fraction of sp³-hybridized carbons (Fsp3) is 0.345. The van der Waals surface area contributed by atoms with Crippen molar-refractivity contribution >= 4 is 35.9 Å². The first kappa shape index (κ1) is 30.3. The van der Waals surface area contributed by atoms with Crippen LogP contribution in [0.25, 0.3) is 10.6 Å². The van der Waals surface area contributed by atoms with Crippen LogP contribution in [0, 0.1) is 6.92 Å². The lowest BCUT2D eigenvalue weighted by Crippen LogP contribution is -2.32. The maximum absolute atomic E-state index is 13.3. The molecule has 8 nitrogen and oxygen atoms in total. The van der Waals surface area contributed by atoms with Crippen molar-refractivity contribution in [2.75, 3.05) is 18.5 Å². The first-order chi connectivity index (χ1) is 19.9. The van der Waals surface area contributed by atoms with E-state index in [0.29, 0.717) is 51.5 Å². The Kier molecular flexibility index (Phi) is 8.55. The fourth-order valence-corrected chi connectivity index (χ4v) is 7.66. The van der Waals surface area contributed by atoms with Gasteiger partial charge >= 0.3 is 13.8 Å². The summed E-state index contributed by atoms with van der Waals surface area (Å²) in [6, 6.07) is 10.6. The zero-order valence-electron chi connectivity index (χ0n) is 23.2. The minimum Gasteiger partial charge on any atom is -0.378 e. The Bertz CT molecular complexity index is 1640. The molecule has 222 valence electrons. The van der Waals surface area contributed by atoms with E-state index in [0.717, 1.165) is 29.5 Å². The molecule has 13 heteroatoms. The molecule has 3 heterocycles. The number of benzene rings is 1. The average Bonchev–Trinajstić information content (AvgIpc) is 3.44. The summed E-state index contributed by atoms with van der Waals surface area (Å²) < 4.78 is 63.8. The van der Waals surface area contributed by atoms with Crippen molar-refractivity contribution in [3.63, 3.8) is 0 Å². The van der Waals surface area contributed by atoms with E-state index in [-0.39, 0.29) is 19.0 Å². The molecular weight excluding hydrogens is 588 g/mol. The number of aromatic nitrogens is 3. The largest absolute Gasteiger partial charge is 0.416 e. The smallest absolute Gasteiger partial charge is 0.378 e. The highest BCUT2D eigenvalue weighted by Crippen LogP contribution is 2.49. The molecule has 0 amide bonds.